The highest BCUT2D eigenvalue weighted by Crippen LogP contribution is 2.13. The smallest absolute Gasteiger partial charge is 0.320 e. The summed E-state index contributed by atoms with van der Waals surface area (Å²) in [4.78, 5) is 20.9. The Morgan fingerprint density at radius 1 is 1.31 bits per heavy atom. The van der Waals surface area contributed by atoms with Crippen molar-refractivity contribution in [1.29, 1.82) is 0 Å². The molecule has 0 aromatic carbocycles. The lowest BCUT2D eigenvalue weighted by atomic mass is 9.96. The third kappa shape index (κ3) is 4.47. The predicted molar refractivity (Wildman–Crippen MR) is 46.3 cm³/mol. The first-order valence-corrected chi connectivity index (χ1v) is 4.20. The zero-order valence-corrected chi connectivity index (χ0v) is 7.56. The van der Waals surface area contributed by atoms with Crippen LogP contribution < -0.4 is 5.73 Å². The average Bonchev–Trinajstić information content (AvgIpc) is 2.03. The fourth-order valence-electron chi connectivity index (χ4n) is 1.10. The van der Waals surface area contributed by atoms with Crippen molar-refractivity contribution in [2.24, 2.45) is 11.7 Å². The Morgan fingerprint density at radius 3 is 2.15 bits per heavy atom. The summed E-state index contributed by atoms with van der Waals surface area (Å²) in [6.07, 6.45) is 1.18. The summed E-state index contributed by atoms with van der Waals surface area (Å²) >= 11 is 0. The van der Waals surface area contributed by atoms with E-state index in [2.05, 4.69) is 0 Å². The van der Waals surface area contributed by atoms with E-state index in [9.17, 15) is 9.59 Å². The Morgan fingerprint density at radius 2 is 1.85 bits per heavy atom. The molecule has 2 atom stereocenters. The number of hydrogen-bond acceptors (Lipinski definition) is 3. The van der Waals surface area contributed by atoms with Gasteiger partial charge in [0.1, 0.15) is 6.04 Å². The molecular weight excluding hydrogens is 174 g/mol. The standard InChI is InChI=1S/C8H15NO4/c1-2-3-5(7(10)11)4-6(9)8(12)13/h5-6H,2-4,9H2,1H3,(H,10,11)(H,12,13). The van der Waals surface area contributed by atoms with E-state index >= 15 is 0 Å². The molecule has 0 aromatic heterocycles. The van der Waals surface area contributed by atoms with Gasteiger partial charge in [0.2, 0.25) is 0 Å². The van der Waals surface area contributed by atoms with Crippen LogP contribution in [-0.2, 0) is 9.59 Å². The number of hydrogen-bond donors (Lipinski definition) is 3. The summed E-state index contributed by atoms with van der Waals surface area (Å²) in [5, 5.41) is 17.1. The summed E-state index contributed by atoms with van der Waals surface area (Å²) in [6, 6.07) is -1.08. The fraction of sp³-hybridized carbons (Fsp3) is 0.750. The van der Waals surface area contributed by atoms with Crippen LogP contribution in [0.5, 0.6) is 0 Å². The van der Waals surface area contributed by atoms with Gasteiger partial charge >= 0.3 is 11.9 Å². The van der Waals surface area contributed by atoms with Crippen LogP contribution >= 0.6 is 0 Å². The molecule has 5 nitrogen and oxygen atoms in total. The molecule has 0 aliphatic heterocycles. The minimum Gasteiger partial charge on any atom is -0.481 e. The second-order valence-electron chi connectivity index (χ2n) is 3.00. The molecule has 0 amide bonds. The van der Waals surface area contributed by atoms with Crippen LogP contribution in [0.25, 0.3) is 0 Å². The molecule has 0 aromatic rings. The van der Waals surface area contributed by atoms with E-state index in [0.717, 1.165) is 0 Å². The van der Waals surface area contributed by atoms with Crippen LogP contribution in [0.3, 0.4) is 0 Å². The van der Waals surface area contributed by atoms with Crippen molar-refractivity contribution in [2.45, 2.75) is 32.2 Å². The number of rotatable bonds is 6. The highest BCUT2D eigenvalue weighted by molar-refractivity contribution is 5.75. The monoisotopic (exact) mass is 189 g/mol. The number of carbonyl (C=O) groups is 2. The summed E-state index contributed by atoms with van der Waals surface area (Å²) in [5.41, 5.74) is 5.22. The predicted octanol–water partition coefficient (Wildman–Crippen LogP) is 0.289. The van der Waals surface area contributed by atoms with Crippen LogP contribution in [0.15, 0.2) is 0 Å². The maximum atomic E-state index is 10.6. The minimum absolute atomic E-state index is 0.00148. The average molecular weight is 189 g/mol. The summed E-state index contributed by atoms with van der Waals surface area (Å²) in [5.74, 6) is -2.77. The highest BCUT2D eigenvalue weighted by atomic mass is 16.4. The van der Waals surface area contributed by atoms with Gasteiger partial charge in [0, 0.05) is 0 Å². The molecule has 0 heterocycles. The van der Waals surface area contributed by atoms with Crippen molar-refractivity contribution < 1.29 is 19.8 Å². The quantitative estimate of drug-likeness (QED) is 0.557. The molecule has 0 aliphatic rings. The van der Waals surface area contributed by atoms with Gasteiger partial charge in [-0.2, -0.15) is 0 Å². The molecule has 4 N–H and O–H groups in total. The maximum Gasteiger partial charge on any atom is 0.320 e. The molecule has 0 aliphatic carbocycles. The second kappa shape index (κ2) is 5.53. The topological polar surface area (TPSA) is 101 Å². The Balaban J connectivity index is 4.09. The van der Waals surface area contributed by atoms with Crippen molar-refractivity contribution in [1.82, 2.24) is 0 Å². The molecular formula is C8H15NO4. The van der Waals surface area contributed by atoms with Gasteiger partial charge in [-0.1, -0.05) is 13.3 Å². The van der Waals surface area contributed by atoms with Crippen molar-refractivity contribution >= 4 is 11.9 Å². The Bertz CT molecular complexity index is 193. The maximum absolute atomic E-state index is 10.6. The molecule has 2 unspecified atom stereocenters. The van der Waals surface area contributed by atoms with Crippen molar-refractivity contribution in [2.75, 3.05) is 0 Å². The van der Waals surface area contributed by atoms with Crippen LogP contribution in [0.2, 0.25) is 0 Å². The van der Waals surface area contributed by atoms with Gasteiger partial charge in [-0.3, -0.25) is 9.59 Å². The number of aliphatic carboxylic acids is 2. The van der Waals surface area contributed by atoms with Crippen LogP contribution in [-0.4, -0.2) is 28.2 Å². The highest BCUT2D eigenvalue weighted by Gasteiger charge is 2.23. The molecule has 0 spiro atoms. The Kier molecular flexibility index (Phi) is 5.06. The molecule has 0 rings (SSSR count). The number of carboxylic acids is 2. The SMILES string of the molecule is CCCC(CC(N)C(=O)O)C(=O)O. The summed E-state index contributed by atoms with van der Waals surface area (Å²) < 4.78 is 0. The van der Waals surface area contributed by atoms with Gasteiger partial charge in [-0.05, 0) is 12.8 Å². The van der Waals surface area contributed by atoms with Gasteiger partial charge in [-0.25, -0.2) is 0 Å². The molecule has 5 heteroatoms. The molecule has 76 valence electrons. The number of carboxylic acid groups (broad SMARTS) is 2. The molecule has 0 saturated heterocycles. The van der Waals surface area contributed by atoms with E-state index in [1.807, 2.05) is 6.92 Å². The minimum atomic E-state index is -1.15. The first-order valence-electron chi connectivity index (χ1n) is 4.20. The molecule has 13 heavy (non-hydrogen) atoms. The van der Waals surface area contributed by atoms with Gasteiger partial charge in [0.05, 0.1) is 5.92 Å². The van der Waals surface area contributed by atoms with Gasteiger partial charge in [0.25, 0.3) is 0 Å². The van der Waals surface area contributed by atoms with Gasteiger partial charge < -0.3 is 15.9 Å². The summed E-state index contributed by atoms with van der Waals surface area (Å²) in [6.45, 7) is 1.85. The molecule has 0 bridgehead atoms. The van der Waals surface area contributed by atoms with Crippen molar-refractivity contribution in [3.63, 3.8) is 0 Å². The van der Waals surface area contributed by atoms with Crippen molar-refractivity contribution in [3.05, 3.63) is 0 Å². The van der Waals surface area contributed by atoms with E-state index in [1.165, 1.54) is 0 Å². The Labute approximate surface area is 76.5 Å². The van der Waals surface area contributed by atoms with Gasteiger partial charge in [0.15, 0.2) is 0 Å². The fourth-order valence-corrected chi connectivity index (χ4v) is 1.10. The lowest BCUT2D eigenvalue weighted by Gasteiger charge is -2.13. The first-order chi connectivity index (χ1) is 5.99. The molecule has 0 saturated carbocycles. The molecule has 0 fully saturated rings. The van der Waals surface area contributed by atoms with Crippen molar-refractivity contribution in [3.8, 4) is 0 Å². The van der Waals surface area contributed by atoms with E-state index in [-0.39, 0.29) is 6.42 Å². The van der Waals surface area contributed by atoms with E-state index in [0.29, 0.717) is 12.8 Å². The van der Waals surface area contributed by atoms with E-state index < -0.39 is 23.9 Å². The van der Waals surface area contributed by atoms with Crippen LogP contribution in [0, 0.1) is 5.92 Å². The van der Waals surface area contributed by atoms with E-state index in [4.69, 9.17) is 15.9 Å². The first kappa shape index (κ1) is 11.9. The van der Waals surface area contributed by atoms with Crippen LogP contribution in [0.4, 0.5) is 0 Å². The zero-order chi connectivity index (χ0) is 10.4. The normalized spacial score (nSPS) is 14.9. The lowest BCUT2D eigenvalue weighted by Crippen LogP contribution is -2.34. The number of nitrogens with two attached hydrogens (primary N) is 1. The zero-order valence-electron chi connectivity index (χ0n) is 7.56. The lowest BCUT2D eigenvalue weighted by molar-refractivity contribution is -0.143. The second-order valence-corrected chi connectivity index (χ2v) is 3.00. The summed E-state index contributed by atoms with van der Waals surface area (Å²) in [7, 11) is 0. The Hall–Kier alpha value is -1.10. The third-order valence-corrected chi connectivity index (χ3v) is 1.84. The van der Waals surface area contributed by atoms with E-state index in [1.54, 1.807) is 0 Å². The largest absolute Gasteiger partial charge is 0.481 e. The third-order valence-electron chi connectivity index (χ3n) is 1.84. The van der Waals surface area contributed by atoms with Gasteiger partial charge in [-0.15, -0.1) is 0 Å². The molecule has 0 radical (unpaired) electrons. The van der Waals surface area contributed by atoms with Crippen LogP contribution in [0.1, 0.15) is 26.2 Å².